The van der Waals surface area contributed by atoms with Crippen molar-refractivity contribution in [3.05, 3.63) is 59.5 Å². The molecule has 1 amide bonds. The molecule has 11 heteroatoms. The van der Waals surface area contributed by atoms with Crippen LogP contribution in [0.25, 0.3) is 16.9 Å². The summed E-state index contributed by atoms with van der Waals surface area (Å²) in [5, 5.41) is 15.3. The molecular formula is C34H42N6O5. The lowest BCUT2D eigenvalue weighted by molar-refractivity contribution is 0.0124. The number of ether oxygens (including phenoxy) is 3. The maximum Gasteiger partial charge on any atom is 0.410 e. The summed E-state index contributed by atoms with van der Waals surface area (Å²) in [6.07, 6.45) is 5.01. The van der Waals surface area contributed by atoms with E-state index in [1.165, 1.54) is 0 Å². The summed E-state index contributed by atoms with van der Waals surface area (Å²) in [6, 6.07) is 11.7. The second-order valence-corrected chi connectivity index (χ2v) is 12.9. The Balaban J connectivity index is 1.17. The Kier molecular flexibility index (Phi) is 8.07. The topological polar surface area (TPSA) is 124 Å². The number of amides is 1. The molecule has 0 radical (unpaired) electrons. The normalized spacial score (nSPS) is 18.6. The van der Waals surface area contributed by atoms with Crippen molar-refractivity contribution in [2.75, 3.05) is 25.5 Å². The number of hydrogen-bond donors (Lipinski definition) is 2. The van der Waals surface area contributed by atoms with Gasteiger partial charge in [-0.1, -0.05) is 13.0 Å². The van der Waals surface area contributed by atoms with Gasteiger partial charge in [0.15, 0.2) is 17.1 Å². The number of hydrogen-bond acceptors (Lipinski definition) is 9. The predicted molar refractivity (Wildman–Crippen MR) is 172 cm³/mol. The fourth-order valence-corrected chi connectivity index (χ4v) is 6.11. The van der Waals surface area contributed by atoms with E-state index in [0.717, 1.165) is 45.9 Å². The molecule has 4 heterocycles. The van der Waals surface area contributed by atoms with E-state index in [-0.39, 0.29) is 12.2 Å². The predicted octanol–water partition coefficient (Wildman–Crippen LogP) is 6.20. The van der Waals surface area contributed by atoms with Crippen molar-refractivity contribution in [1.29, 1.82) is 0 Å². The minimum Gasteiger partial charge on any atom is -0.493 e. The summed E-state index contributed by atoms with van der Waals surface area (Å²) in [5.74, 6) is 2.37. The molecule has 1 aromatic carbocycles. The first-order chi connectivity index (χ1) is 21.5. The minimum absolute atomic E-state index is 0.0423. The van der Waals surface area contributed by atoms with E-state index >= 15 is 0 Å². The van der Waals surface area contributed by atoms with Crippen LogP contribution >= 0.6 is 0 Å². The van der Waals surface area contributed by atoms with Gasteiger partial charge in [0.2, 0.25) is 5.95 Å². The van der Waals surface area contributed by atoms with Gasteiger partial charge < -0.3 is 29.5 Å². The van der Waals surface area contributed by atoms with Crippen molar-refractivity contribution < 1.29 is 24.1 Å². The van der Waals surface area contributed by atoms with E-state index in [1.54, 1.807) is 18.2 Å². The maximum absolute atomic E-state index is 12.4. The summed E-state index contributed by atoms with van der Waals surface area (Å²) in [4.78, 5) is 28.5. The minimum atomic E-state index is -0.893. The zero-order valence-electron chi connectivity index (χ0n) is 26.9. The maximum atomic E-state index is 12.4. The van der Waals surface area contributed by atoms with Gasteiger partial charge in [-0.3, -0.25) is 4.57 Å². The smallest absolute Gasteiger partial charge is 0.410 e. The number of nitrogens with one attached hydrogen (secondary N) is 1. The Hall–Kier alpha value is -4.38. The fraction of sp³-hybridized carbons (Fsp3) is 0.471. The van der Waals surface area contributed by atoms with E-state index in [2.05, 4.69) is 16.4 Å². The number of carbonyl (C=O) groups is 1. The molecule has 1 aliphatic carbocycles. The van der Waals surface area contributed by atoms with E-state index in [1.807, 2.05) is 69.5 Å². The second kappa shape index (κ2) is 11.8. The van der Waals surface area contributed by atoms with Crippen LogP contribution in [-0.2, 0) is 16.8 Å². The highest BCUT2D eigenvalue weighted by atomic mass is 16.6. The van der Waals surface area contributed by atoms with Gasteiger partial charge in [-0.05, 0) is 76.8 Å². The highest BCUT2D eigenvalue weighted by Crippen LogP contribution is 2.39. The van der Waals surface area contributed by atoms with Crippen LogP contribution in [0, 0.1) is 6.92 Å². The lowest BCUT2D eigenvalue weighted by Crippen LogP contribution is -2.44. The number of carbonyl (C=O) groups excluding carboxylic acids is 1. The monoisotopic (exact) mass is 614 g/mol. The van der Waals surface area contributed by atoms with Crippen LogP contribution in [0.1, 0.15) is 70.3 Å². The number of fused-ring (bicyclic) bond motifs is 2. The van der Waals surface area contributed by atoms with Crippen molar-refractivity contribution >= 4 is 28.8 Å². The van der Waals surface area contributed by atoms with Crippen LogP contribution < -0.4 is 14.8 Å². The molecule has 0 spiro atoms. The zero-order valence-corrected chi connectivity index (χ0v) is 26.9. The fourth-order valence-electron chi connectivity index (χ4n) is 6.11. The van der Waals surface area contributed by atoms with Crippen LogP contribution in [0.3, 0.4) is 0 Å². The van der Waals surface area contributed by atoms with Gasteiger partial charge in [0.1, 0.15) is 23.1 Å². The molecule has 1 atom stereocenters. The summed E-state index contributed by atoms with van der Waals surface area (Å²) in [7, 11) is 1.61. The van der Waals surface area contributed by atoms with Crippen molar-refractivity contribution in [3.63, 3.8) is 0 Å². The molecule has 4 aromatic rings. The first-order valence-electron chi connectivity index (χ1n) is 15.6. The van der Waals surface area contributed by atoms with Crippen LogP contribution in [0.4, 0.5) is 16.4 Å². The van der Waals surface area contributed by atoms with E-state index < -0.39 is 11.2 Å². The summed E-state index contributed by atoms with van der Waals surface area (Å²) in [5.41, 5.74) is 2.89. The molecule has 45 heavy (non-hydrogen) atoms. The molecule has 0 bridgehead atoms. The molecule has 0 saturated carbocycles. The van der Waals surface area contributed by atoms with Crippen molar-refractivity contribution in [2.45, 2.75) is 84.0 Å². The van der Waals surface area contributed by atoms with Crippen molar-refractivity contribution in [1.82, 2.24) is 24.4 Å². The lowest BCUT2D eigenvalue weighted by Gasteiger charge is -2.33. The Morgan fingerprint density at radius 3 is 2.60 bits per heavy atom. The second-order valence-electron chi connectivity index (χ2n) is 12.9. The van der Waals surface area contributed by atoms with Gasteiger partial charge in [-0.25, -0.2) is 14.8 Å². The average molecular weight is 615 g/mol. The number of benzene rings is 1. The number of rotatable bonds is 7. The molecule has 0 unspecified atom stereocenters. The van der Waals surface area contributed by atoms with Crippen LogP contribution in [0.15, 0.2) is 42.6 Å². The molecule has 11 nitrogen and oxygen atoms in total. The van der Waals surface area contributed by atoms with Gasteiger partial charge in [-0.2, -0.15) is 4.98 Å². The molecule has 1 aliphatic heterocycles. The molecule has 2 aliphatic rings. The van der Waals surface area contributed by atoms with Crippen molar-refractivity contribution in [2.24, 2.45) is 0 Å². The molecule has 6 rings (SSSR count). The number of pyridine rings is 1. The SMILES string of the molecule is CC[C@@]1(O)CCc2ccc(-n3c(C)cc4cnc(Nc5ccc(OC6CCN(C(=O)OC(C)(C)C)CC6)c(OC)c5)nc43)nc21. The third kappa shape index (κ3) is 6.26. The van der Waals surface area contributed by atoms with Crippen molar-refractivity contribution in [3.8, 4) is 17.3 Å². The lowest BCUT2D eigenvalue weighted by atomic mass is 9.98. The van der Waals surface area contributed by atoms with E-state index in [0.29, 0.717) is 56.2 Å². The van der Waals surface area contributed by atoms with E-state index in [4.69, 9.17) is 24.2 Å². The van der Waals surface area contributed by atoms with E-state index in [9.17, 15) is 9.90 Å². The highest BCUT2D eigenvalue weighted by Gasteiger charge is 2.37. The quantitative estimate of drug-likeness (QED) is 0.250. The molecule has 1 saturated heterocycles. The summed E-state index contributed by atoms with van der Waals surface area (Å²) in [6.45, 7) is 10.8. The number of nitrogens with zero attached hydrogens (tertiary/aromatic N) is 5. The largest absolute Gasteiger partial charge is 0.493 e. The number of aliphatic hydroxyl groups is 1. The van der Waals surface area contributed by atoms with Crippen LogP contribution in [0.2, 0.25) is 0 Å². The molecule has 238 valence electrons. The summed E-state index contributed by atoms with van der Waals surface area (Å²) >= 11 is 0. The average Bonchev–Trinajstić information content (AvgIpc) is 3.52. The number of piperidine rings is 1. The molecule has 2 N–H and O–H groups in total. The van der Waals surface area contributed by atoms with Gasteiger partial charge in [-0.15, -0.1) is 0 Å². The number of aromatic nitrogens is 4. The third-order valence-electron chi connectivity index (χ3n) is 8.56. The van der Waals surface area contributed by atoms with Gasteiger partial charge in [0, 0.05) is 55.0 Å². The highest BCUT2D eigenvalue weighted by molar-refractivity contribution is 5.80. The first kappa shape index (κ1) is 30.6. The zero-order chi connectivity index (χ0) is 31.9. The number of anilines is 2. The standard InChI is InChI=1S/C34H42N6O5/c1-7-34(42)15-12-22-8-11-28(37-29(22)34)40-21(2)18-23-20-35-31(38-30(23)40)36-24-9-10-26(27(19-24)43-6)44-25-13-16-39(17-14-25)32(41)45-33(3,4)5/h8-11,18-20,25,42H,7,12-17H2,1-6H3,(H,35,36,38)/t34-/m1/s1. The van der Waals surface area contributed by atoms with Gasteiger partial charge in [0.05, 0.1) is 12.8 Å². The molecule has 1 fully saturated rings. The first-order valence-corrected chi connectivity index (χ1v) is 15.6. The van der Waals surface area contributed by atoms with Gasteiger partial charge >= 0.3 is 6.09 Å². The van der Waals surface area contributed by atoms with Crippen LogP contribution in [-0.4, -0.2) is 67.5 Å². The summed E-state index contributed by atoms with van der Waals surface area (Å²) < 4.78 is 19.5. The Bertz CT molecular complexity index is 1720. The Morgan fingerprint density at radius 1 is 1.11 bits per heavy atom. The Morgan fingerprint density at radius 2 is 1.89 bits per heavy atom. The number of aryl methyl sites for hydroxylation is 2. The molecule has 3 aromatic heterocycles. The molecular weight excluding hydrogens is 572 g/mol. The Labute approximate surface area is 263 Å². The number of methoxy groups -OCH3 is 1. The van der Waals surface area contributed by atoms with Gasteiger partial charge in [0.25, 0.3) is 0 Å². The number of likely N-dealkylation sites (tertiary alicyclic amines) is 1. The van der Waals surface area contributed by atoms with Crippen LogP contribution in [0.5, 0.6) is 11.5 Å². The third-order valence-corrected chi connectivity index (χ3v) is 8.56.